The summed E-state index contributed by atoms with van der Waals surface area (Å²) in [5.74, 6) is -1.44. The Morgan fingerprint density at radius 1 is 1.27 bits per heavy atom. The van der Waals surface area contributed by atoms with Gasteiger partial charge in [-0.05, 0) is 24.6 Å². The highest BCUT2D eigenvalue weighted by molar-refractivity contribution is 7.85. The number of benzene rings is 1. The first kappa shape index (κ1) is 12.1. The predicted octanol–water partition coefficient (Wildman–Crippen LogP) is 1.75. The largest absolute Gasteiger partial charge is 0.265 e. The molecule has 3 nitrogen and oxygen atoms in total. The van der Waals surface area contributed by atoms with Crippen molar-refractivity contribution in [2.24, 2.45) is 0 Å². The lowest BCUT2D eigenvalue weighted by Crippen LogP contribution is -2.03. The van der Waals surface area contributed by atoms with Gasteiger partial charge in [-0.1, -0.05) is 0 Å². The highest BCUT2D eigenvalue weighted by Gasteiger charge is 2.09. The normalized spacial score (nSPS) is 11.7. The molecule has 0 spiro atoms. The predicted molar refractivity (Wildman–Crippen MR) is 50.7 cm³/mol. The van der Waals surface area contributed by atoms with Gasteiger partial charge in [-0.2, -0.15) is 8.42 Å². The van der Waals surface area contributed by atoms with E-state index in [2.05, 4.69) is 4.18 Å². The molecule has 0 aliphatic carbocycles. The number of hydrogen-bond acceptors (Lipinski definition) is 3. The summed E-state index contributed by atoms with van der Waals surface area (Å²) in [6.07, 6.45) is 0.869. The highest BCUT2D eigenvalue weighted by Crippen LogP contribution is 2.15. The molecule has 0 aliphatic heterocycles. The molecule has 0 radical (unpaired) electrons. The van der Waals surface area contributed by atoms with E-state index >= 15 is 0 Å². The fourth-order valence-electron chi connectivity index (χ4n) is 0.956. The van der Waals surface area contributed by atoms with Gasteiger partial charge in [0.05, 0.1) is 12.9 Å². The third-order valence-corrected chi connectivity index (χ3v) is 2.33. The second-order valence-electron chi connectivity index (χ2n) is 3.15. The molecule has 1 rings (SSSR count). The van der Waals surface area contributed by atoms with Gasteiger partial charge in [0.25, 0.3) is 10.1 Å². The first-order chi connectivity index (χ1) is 6.79. The van der Waals surface area contributed by atoms with E-state index < -0.39 is 21.8 Å². The van der Waals surface area contributed by atoms with E-state index in [-0.39, 0.29) is 17.7 Å². The van der Waals surface area contributed by atoms with E-state index in [1.165, 1.54) is 6.92 Å². The van der Waals surface area contributed by atoms with Gasteiger partial charge in [0.2, 0.25) is 0 Å². The molecule has 0 unspecified atom stereocenters. The Morgan fingerprint density at radius 2 is 1.73 bits per heavy atom. The van der Waals surface area contributed by atoms with Crippen molar-refractivity contribution in [2.75, 3.05) is 6.26 Å². The van der Waals surface area contributed by atoms with Gasteiger partial charge in [-0.15, -0.1) is 0 Å². The van der Waals surface area contributed by atoms with Crippen LogP contribution in [0.3, 0.4) is 0 Å². The maximum Gasteiger partial charge on any atom is 0.264 e. The Kier molecular flexibility index (Phi) is 3.41. The first-order valence-corrected chi connectivity index (χ1v) is 5.90. The van der Waals surface area contributed by atoms with E-state index in [0.29, 0.717) is 0 Å². The molecule has 0 amide bonds. The fourth-order valence-corrected chi connectivity index (χ4v) is 1.31. The summed E-state index contributed by atoms with van der Waals surface area (Å²) in [5, 5.41) is 0. The van der Waals surface area contributed by atoms with Crippen LogP contribution in [-0.2, 0) is 20.9 Å². The van der Waals surface area contributed by atoms with E-state index in [9.17, 15) is 17.2 Å². The molecular weight excluding hydrogens is 226 g/mol. The van der Waals surface area contributed by atoms with Crippen molar-refractivity contribution in [3.05, 3.63) is 34.9 Å². The maximum atomic E-state index is 13.0. The Hall–Kier alpha value is -1.01. The van der Waals surface area contributed by atoms with Crippen LogP contribution in [0.15, 0.2) is 12.1 Å². The van der Waals surface area contributed by atoms with Crippen LogP contribution in [0.5, 0.6) is 0 Å². The summed E-state index contributed by atoms with van der Waals surface area (Å²) in [6.45, 7) is 0.929. The van der Waals surface area contributed by atoms with Crippen molar-refractivity contribution in [2.45, 2.75) is 13.5 Å². The van der Waals surface area contributed by atoms with Crippen molar-refractivity contribution < 1.29 is 21.4 Å². The second-order valence-corrected chi connectivity index (χ2v) is 4.79. The lowest BCUT2D eigenvalue weighted by atomic mass is 10.1. The van der Waals surface area contributed by atoms with E-state index in [0.717, 1.165) is 18.4 Å². The molecule has 1 aromatic rings. The average molecular weight is 236 g/mol. The van der Waals surface area contributed by atoms with Crippen molar-refractivity contribution in [1.82, 2.24) is 0 Å². The van der Waals surface area contributed by atoms with Crippen LogP contribution in [-0.4, -0.2) is 14.7 Å². The summed E-state index contributed by atoms with van der Waals surface area (Å²) in [7, 11) is -3.60. The monoisotopic (exact) mass is 236 g/mol. The first-order valence-electron chi connectivity index (χ1n) is 4.08. The summed E-state index contributed by atoms with van der Waals surface area (Å²) >= 11 is 0. The summed E-state index contributed by atoms with van der Waals surface area (Å²) in [5.41, 5.74) is 0.0409. The topological polar surface area (TPSA) is 43.4 Å². The maximum absolute atomic E-state index is 13.0. The van der Waals surface area contributed by atoms with Crippen molar-refractivity contribution in [3.63, 3.8) is 0 Å². The zero-order valence-corrected chi connectivity index (χ0v) is 9.07. The summed E-state index contributed by atoms with van der Waals surface area (Å²) in [4.78, 5) is 0. The zero-order chi connectivity index (χ0) is 11.6. The van der Waals surface area contributed by atoms with Crippen molar-refractivity contribution in [3.8, 4) is 0 Å². The van der Waals surface area contributed by atoms with Crippen molar-refractivity contribution >= 4 is 10.1 Å². The molecule has 0 atom stereocenters. The van der Waals surface area contributed by atoms with Crippen LogP contribution in [0.2, 0.25) is 0 Å². The minimum Gasteiger partial charge on any atom is -0.265 e. The van der Waals surface area contributed by atoms with E-state index in [4.69, 9.17) is 0 Å². The lowest BCUT2D eigenvalue weighted by molar-refractivity contribution is 0.310. The van der Waals surface area contributed by atoms with Crippen LogP contribution in [0, 0.1) is 18.6 Å². The van der Waals surface area contributed by atoms with Crippen LogP contribution in [0.25, 0.3) is 0 Å². The van der Waals surface area contributed by atoms with E-state index in [1.807, 2.05) is 0 Å². The minimum absolute atomic E-state index is 0.0990. The molecule has 15 heavy (non-hydrogen) atoms. The number of rotatable bonds is 3. The fraction of sp³-hybridized carbons (Fsp3) is 0.333. The van der Waals surface area contributed by atoms with Gasteiger partial charge in [-0.3, -0.25) is 4.18 Å². The molecule has 6 heteroatoms. The van der Waals surface area contributed by atoms with Gasteiger partial charge in [0, 0.05) is 5.56 Å². The average Bonchev–Trinajstić information content (AvgIpc) is 2.09. The minimum atomic E-state index is -3.60. The quantitative estimate of drug-likeness (QED) is 0.751. The van der Waals surface area contributed by atoms with Gasteiger partial charge >= 0.3 is 0 Å². The smallest absolute Gasteiger partial charge is 0.264 e. The lowest BCUT2D eigenvalue weighted by Gasteiger charge is -2.04. The van der Waals surface area contributed by atoms with Crippen LogP contribution >= 0.6 is 0 Å². The van der Waals surface area contributed by atoms with Gasteiger partial charge in [0.15, 0.2) is 0 Å². The second kappa shape index (κ2) is 4.24. The SMILES string of the molecule is Cc1c(F)cc(COS(C)(=O)=O)cc1F. The third kappa shape index (κ3) is 3.56. The standard InChI is InChI=1S/C9H10F2O3S/c1-6-8(10)3-7(4-9(6)11)5-14-15(2,12)13/h3-4H,5H2,1-2H3. The van der Waals surface area contributed by atoms with Crippen LogP contribution in [0.1, 0.15) is 11.1 Å². The van der Waals surface area contributed by atoms with Crippen LogP contribution in [0.4, 0.5) is 8.78 Å². The Bertz CT molecular complexity index is 445. The molecule has 1 aromatic carbocycles. The van der Waals surface area contributed by atoms with E-state index in [1.54, 1.807) is 0 Å². The molecule has 0 N–H and O–H groups in total. The molecule has 0 saturated carbocycles. The van der Waals surface area contributed by atoms with Crippen LogP contribution < -0.4 is 0 Å². The Balaban J connectivity index is 2.89. The summed E-state index contributed by atoms with van der Waals surface area (Å²) < 4.78 is 51.7. The van der Waals surface area contributed by atoms with Gasteiger partial charge < -0.3 is 0 Å². The van der Waals surface area contributed by atoms with Gasteiger partial charge in [-0.25, -0.2) is 8.78 Å². The molecule has 0 fully saturated rings. The number of hydrogen-bond donors (Lipinski definition) is 0. The highest BCUT2D eigenvalue weighted by atomic mass is 32.2. The molecule has 0 bridgehead atoms. The zero-order valence-electron chi connectivity index (χ0n) is 8.25. The molecule has 84 valence electrons. The molecule has 0 saturated heterocycles. The molecule has 0 aliphatic rings. The summed E-state index contributed by atoms with van der Waals surface area (Å²) in [6, 6.07) is 2.09. The Labute approximate surface area is 86.8 Å². The third-order valence-electron chi connectivity index (χ3n) is 1.78. The molecule has 0 heterocycles. The van der Waals surface area contributed by atoms with Gasteiger partial charge in [0.1, 0.15) is 11.6 Å². The molecule has 0 aromatic heterocycles. The number of halogens is 2. The Morgan fingerprint density at radius 3 is 2.13 bits per heavy atom. The van der Waals surface area contributed by atoms with Crippen molar-refractivity contribution in [1.29, 1.82) is 0 Å². The molecular formula is C9H10F2O3S.